The first kappa shape index (κ1) is 17.4. The molecule has 1 unspecified atom stereocenters. The number of allylic oxidation sites excluding steroid dienone is 2. The summed E-state index contributed by atoms with van der Waals surface area (Å²) in [4.78, 5) is 36.3. The second-order valence-electron chi connectivity index (χ2n) is 4.75. The maximum atomic E-state index is 11.0. The first-order chi connectivity index (χ1) is 10.4. The van der Waals surface area contributed by atoms with Gasteiger partial charge in [-0.1, -0.05) is 0 Å². The van der Waals surface area contributed by atoms with Crippen LogP contribution in [0.2, 0.25) is 0 Å². The fourth-order valence-electron chi connectivity index (χ4n) is 1.85. The number of hydrogen-bond donors (Lipinski definition) is 4. The summed E-state index contributed by atoms with van der Waals surface area (Å²) in [6.07, 6.45) is 5.87. The molecule has 0 radical (unpaired) electrons. The Morgan fingerprint density at radius 3 is 2.59 bits per heavy atom. The van der Waals surface area contributed by atoms with Gasteiger partial charge < -0.3 is 20.6 Å². The summed E-state index contributed by atoms with van der Waals surface area (Å²) in [5.74, 6) is -3.18. The van der Waals surface area contributed by atoms with E-state index < -0.39 is 23.9 Å². The number of carboxylic acid groups (broad SMARTS) is 3. The minimum Gasteiger partial charge on any atom is -0.481 e. The van der Waals surface area contributed by atoms with Crippen molar-refractivity contribution in [1.82, 2.24) is 5.32 Å². The highest BCUT2D eigenvalue weighted by Gasteiger charge is 2.26. The Balaban J connectivity index is 2.57. The molecule has 1 atom stereocenters. The molecule has 0 amide bonds. The van der Waals surface area contributed by atoms with Gasteiger partial charge in [0.2, 0.25) is 0 Å². The molecule has 0 spiro atoms. The molecule has 1 aliphatic rings. The highest BCUT2D eigenvalue weighted by molar-refractivity contribution is 5.89. The molecule has 4 N–H and O–H groups in total. The predicted octanol–water partition coefficient (Wildman–Crippen LogP) is 0.654. The number of hydrogen-bond acceptors (Lipinski definition) is 5. The van der Waals surface area contributed by atoms with Crippen molar-refractivity contribution in [2.75, 3.05) is 6.54 Å². The summed E-state index contributed by atoms with van der Waals surface area (Å²) in [7, 11) is 0. The summed E-state index contributed by atoms with van der Waals surface area (Å²) in [6.45, 7) is 0.465. The van der Waals surface area contributed by atoms with E-state index in [9.17, 15) is 14.4 Å². The Hall–Kier alpha value is -2.64. The third-order valence-electron chi connectivity index (χ3n) is 2.95. The van der Waals surface area contributed by atoms with Gasteiger partial charge in [-0.15, -0.1) is 0 Å². The lowest BCUT2D eigenvalue weighted by atomic mass is 10.00. The van der Waals surface area contributed by atoms with E-state index in [0.717, 1.165) is 0 Å². The molecule has 22 heavy (non-hydrogen) atoms. The summed E-state index contributed by atoms with van der Waals surface area (Å²) < 4.78 is 0. The Morgan fingerprint density at radius 2 is 2.00 bits per heavy atom. The smallest absolute Gasteiger partial charge is 0.351 e. The molecule has 1 rings (SSSR count). The Bertz CT molecular complexity index is 535. The largest absolute Gasteiger partial charge is 0.481 e. The third kappa shape index (κ3) is 6.21. The minimum absolute atomic E-state index is 0.104. The summed E-state index contributed by atoms with van der Waals surface area (Å²) >= 11 is 0. The molecule has 8 nitrogen and oxygen atoms in total. The van der Waals surface area contributed by atoms with E-state index >= 15 is 0 Å². The van der Waals surface area contributed by atoms with Crippen molar-refractivity contribution in [1.29, 1.82) is 0 Å². The lowest BCUT2D eigenvalue weighted by Crippen LogP contribution is -2.41. The third-order valence-corrected chi connectivity index (χ3v) is 2.95. The average Bonchev–Trinajstić information content (AvgIpc) is 2.45. The van der Waals surface area contributed by atoms with E-state index in [4.69, 9.17) is 15.3 Å². The van der Waals surface area contributed by atoms with Crippen molar-refractivity contribution in [2.45, 2.75) is 31.7 Å². The van der Waals surface area contributed by atoms with E-state index in [-0.39, 0.29) is 18.5 Å². The van der Waals surface area contributed by atoms with Gasteiger partial charge in [0.05, 0.1) is 0 Å². The van der Waals surface area contributed by atoms with Crippen LogP contribution >= 0.6 is 0 Å². The molecule has 0 bridgehead atoms. The number of aliphatic carboxylic acids is 3. The van der Waals surface area contributed by atoms with Gasteiger partial charge >= 0.3 is 17.9 Å². The number of carboxylic acids is 3. The van der Waals surface area contributed by atoms with Gasteiger partial charge in [-0.2, -0.15) is 0 Å². The van der Waals surface area contributed by atoms with Crippen LogP contribution in [0.3, 0.4) is 0 Å². The van der Waals surface area contributed by atoms with Gasteiger partial charge in [0.15, 0.2) is 0 Å². The van der Waals surface area contributed by atoms with Crippen molar-refractivity contribution in [3.8, 4) is 0 Å². The highest BCUT2D eigenvalue weighted by atomic mass is 16.4. The van der Waals surface area contributed by atoms with Crippen LogP contribution in [0.25, 0.3) is 0 Å². The fourth-order valence-corrected chi connectivity index (χ4v) is 1.85. The lowest BCUT2D eigenvalue weighted by Gasteiger charge is -2.21. The molecule has 1 heterocycles. The second-order valence-corrected chi connectivity index (χ2v) is 4.75. The minimum atomic E-state index is -1.22. The molecular weight excluding hydrogens is 292 g/mol. The summed E-state index contributed by atoms with van der Waals surface area (Å²) in [5, 5.41) is 28.8. The SMILES string of the molecule is O=C(O)CCCCN=CC=C1C=C(C(=O)O)NC(C(=O)O)C1. The van der Waals surface area contributed by atoms with Crippen molar-refractivity contribution >= 4 is 24.1 Å². The van der Waals surface area contributed by atoms with Crippen LogP contribution in [0.1, 0.15) is 25.7 Å². The van der Waals surface area contributed by atoms with Gasteiger partial charge in [-0.3, -0.25) is 9.79 Å². The molecule has 0 aromatic rings. The zero-order valence-corrected chi connectivity index (χ0v) is 11.9. The normalized spacial score (nSPS) is 19.7. The van der Waals surface area contributed by atoms with Gasteiger partial charge in [0.1, 0.15) is 11.7 Å². The van der Waals surface area contributed by atoms with Crippen molar-refractivity contribution in [3.63, 3.8) is 0 Å². The van der Waals surface area contributed by atoms with Crippen LogP contribution in [-0.4, -0.2) is 52.0 Å². The molecule has 8 heteroatoms. The topological polar surface area (TPSA) is 136 Å². The summed E-state index contributed by atoms with van der Waals surface area (Å²) in [5.41, 5.74) is 0.387. The second kappa shape index (κ2) is 8.60. The zero-order valence-electron chi connectivity index (χ0n) is 11.9. The maximum absolute atomic E-state index is 11.0. The molecule has 0 fully saturated rings. The standard InChI is InChI=1S/C14H18N2O6/c17-12(18)3-1-2-5-15-6-4-9-7-10(13(19)20)16-11(8-9)14(21)22/h4,6-7,11,16H,1-3,5,8H2,(H,17,18)(H,19,20)(H,21,22). The first-order valence-corrected chi connectivity index (χ1v) is 6.75. The summed E-state index contributed by atoms with van der Waals surface area (Å²) in [6, 6.07) is -0.980. The number of unbranched alkanes of at least 4 members (excludes halogenated alkanes) is 1. The Morgan fingerprint density at radius 1 is 1.27 bits per heavy atom. The zero-order chi connectivity index (χ0) is 16.5. The van der Waals surface area contributed by atoms with Crippen LogP contribution in [0.15, 0.2) is 28.4 Å². The lowest BCUT2D eigenvalue weighted by molar-refractivity contribution is -0.140. The average molecular weight is 310 g/mol. The van der Waals surface area contributed by atoms with Gasteiger partial charge in [0, 0.05) is 25.6 Å². The number of aliphatic imine (C=N–C) groups is 1. The molecule has 0 aromatic carbocycles. The Labute approximate surface area is 126 Å². The molecule has 120 valence electrons. The molecule has 1 aliphatic heterocycles. The molecule has 0 saturated heterocycles. The van der Waals surface area contributed by atoms with Crippen LogP contribution in [0, 0.1) is 0 Å². The number of rotatable bonds is 8. The first-order valence-electron chi connectivity index (χ1n) is 6.75. The molecule has 0 aromatic heterocycles. The van der Waals surface area contributed by atoms with Crippen LogP contribution < -0.4 is 5.32 Å². The number of carbonyl (C=O) groups is 3. The number of nitrogens with one attached hydrogen (secondary N) is 1. The van der Waals surface area contributed by atoms with E-state index in [1.165, 1.54) is 12.3 Å². The van der Waals surface area contributed by atoms with Gasteiger partial charge in [-0.25, -0.2) is 9.59 Å². The maximum Gasteiger partial charge on any atom is 0.351 e. The van der Waals surface area contributed by atoms with Crippen LogP contribution in [0.5, 0.6) is 0 Å². The Kier molecular flexibility index (Phi) is 6.81. The van der Waals surface area contributed by atoms with Crippen molar-refractivity contribution in [3.05, 3.63) is 23.4 Å². The van der Waals surface area contributed by atoms with E-state index in [0.29, 0.717) is 25.0 Å². The predicted molar refractivity (Wildman–Crippen MR) is 77.8 cm³/mol. The van der Waals surface area contributed by atoms with E-state index in [2.05, 4.69) is 10.3 Å². The van der Waals surface area contributed by atoms with Crippen LogP contribution in [-0.2, 0) is 14.4 Å². The molecule has 0 saturated carbocycles. The molecular formula is C14H18N2O6. The fraction of sp³-hybridized carbons (Fsp3) is 0.429. The van der Waals surface area contributed by atoms with Gasteiger partial charge in [0.25, 0.3) is 0 Å². The van der Waals surface area contributed by atoms with E-state index in [1.807, 2.05) is 0 Å². The quantitative estimate of drug-likeness (QED) is 0.381. The monoisotopic (exact) mass is 310 g/mol. The number of nitrogens with zero attached hydrogens (tertiary/aromatic N) is 1. The van der Waals surface area contributed by atoms with Gasteiger partial charge in [-0.05, 0) is 30.6 Å². The van der Waals surface area contributed by atoms with E-state index in [1.54, 1.807) is 6.08 Å². The van der Waals surface area contributed by atoms with Crippen molar-refractivity contribution < 1.29 is 29.7 Å². The molecule has 0 aliphatic carbocycles. The highest BCUT2D eigenvalue weighted by Crippen LogP contribution is 2.16. The van der Waals surface area contributed by atoms with Crippen molar-refractivity contribution in [2.24, 2.45) is 4.99 Å². The van der Waals surface area contributed by atoms with Crippen LogP contribution in [0.4, 0.5) is 0 Å².